The predicted molar refractivity (Wildman–Crippen MR) is 109 cm³/mol. The van der Waals surface area contributed by atoms with E-state index in [0.29, 0.717) is 12.2 Å². The summed E-state index contributed by atoms with van der Waals surface area (Å²) in [5.74, 6) is 0.133. The first-order valence-electron chi connectivity index (χ1n) is 9.49. The number of thiophene rings is 1. The summed E-state index contributed by atoms with van der Waals surface area (Å²) < 4.78 is 42.7. The molecule has 1 aromatic heterocycles. The molecule has 0 saturated heterocycles. The number of hydrogen-bond donors (Lipinski definition) is 2. The van der Waals surface area contributed by atoms with E-state index in [1.54, 1.807) is 29.6 Å². The number of benzene rings is 1. The van der Waals surface area contributed by atoms with Gasteiger partial charge >= 0.3 is 0 Å². The summed E-state index contributed by atoms with van der Waals surface area (Å²) in [6.45, 7) is 2.29. The van der Waals surface area contributed by atoms with Gasteiger partial charge in [0, 0.05) is 12.6 Å². The van der Waals surface area contributed by atoms with E-state index in [0.717, 1.165) is 31.2 Å². The first kappa shape index (κ1) is 20.3. The van der Waals surface area contributed by atoms with Crippen LogP contribution in [0.3, 0.4) is 0 Å². The van der Waals surface area contributed by atoms with Crippen LogP contribution in [-0.2, 0) is 16.6 Å². The minimum atomic E-state index is -3.60. The van der Waals surface area contributed by atoms with Crippen molar-refractivity contribution in [1.82, 2.24) is 5.32 Å². The van der Waals surface area contributed by atoms with Crippen LogP contribution in [0.4, 0.5) is 10.1 Å². The van der Waals surface area contributed by atoms with Crippen LogP contribution in [-0.4, -0.2) is 20.6 Å². The van der Waals surface area contributed by atoms with Crippen LogP contribution in [0, 0.1) is 5.92 Å². The highest BCUT2D eigenvalue weighted by Gasteiger charge is 2.28. The first-order chi connectivity index (χ1) is 13.0. The molecule has 1 aliphatic rings. The molecule has 0 spiro atoms. The van der Waals surface area contributed by atoms with Gasteiger partial charge in [0.2, 0.25) is 0 Å². The average Bonchev–Trinajstić information content (AvgIpc) is 3.23. The Kier molecular flexibility index (Phi) is 6.89. The number of hydrogen-bond acceptors (Lipinski definition) is 4. The van der Waals surface area contributed by atoms with Crippen LogP contribution in [0.1, 0.15) is 44.6 Å². The monoisotopic (exact) mass is 410 g/mol. The minimum absolute atomic E-state index is 0.133. The molecule has 0 radical (unpaired) electrons. The molecule has 0 amide bonds. The van der Waals surface area contributed by atoms with Crippen LogP contribution in [0.15, 0.2) is 46.0 Å². The number of para-hydroxylation sites is 1. The second-order valence-corrected chi connectivity index (χ2v) is 10.1. The molecule has 2 aromatic rings. The average molecular weight is 411 g/mol. The van der Waals surface area contributed by atoms with Crippen molar-refractivity contribution in [1.29, 1.82) is 0 Å². The molecule has 0 aliphatic heterocycles. The number of nitrogens with one attached hydrogen (secondary N) is 2. The smallest absolute Gasteiger partial charge is 0.271 e. The van der Waals surface area contributed by atoms with Crippen molar-refractivity contribution in [3.8, 4) is 0 Å². The molecule has 2 atom stereocenters. The lowest BCUT2D eigenvalue weighted by atomic mass is 9.84. The maximum Gasteiger partial charge on any atom is 0.271 e. The third-order valence-corrected chi connectivity index (χ3v) is 7.98. The van der Waals surface area contributed by atoms with E-state index in [-0.39, 0.29) is 16.2 Å². The standard InChI is InChI=1S/C20H27FN2O2S2/c1-15(20(21)16-8-3-2-4-9-16)22-14-17-10-5-6-11-18(17)23-27(24,25)19-12-7-13-26-19/h5-7,10-13,15-16,20,22-23H,2-4,8-9,14H2,1H3. The van der Waals surface area contributed by atoms with Crippen molar-refractivity contribution in [2.75, 3.05) is 4.72 Å². The zero-order valence-electron chi connectivity index (χ0n) is 15.5. The van der Waals surface area contributed by atoms with Crippen molar-refractivity contribution in [2.24, 2.45) is 5.92 Å². The van der Waals surface area contributed by atoms with Crippen molar-refractivity contribution in [3.05, 3.63) is 47.3 Å². The number of sulfonamides is 1. The number of alkyl halides is 1. The van der Waals surface area contributed by atoms with Gasteiger partial charge in [0.1, 0.15) is 10.4 Å². The first-order valence-corrected chi connectivity index (χ1v) is 11.9. The molecule has 2 unspecified atom stereocenters. The van der Waals surface area contributed by atoms with Gasteiger partial charge in [-0.1, -0.05) is 43.5 Å². The van der Waals surface area contributed by atoms with E-state index >= 15 is 0 Å². The van der Waals surface area contributed by atoms with Gasteiger partial charge in [-0.05, 0) is 48.8 Å². The SMILES string of the molecule is CC(NCc1ccccc1NS(=O)(=O)c1cccs1)C(F)C1CCCCC1. The zero-order chi connectivity index (χ0) is 19.3. The fourth-order valence-corrected chi connectivity index (χ4v) is 5.72. The molecular formula is C20H27FN2O2S2. The topological polar surface area (TPSA) is 58.2 Å². The molecule has 4 nitrogen and oxygen atoms in total. The Morgan fingerprint density at radius 1 is 1.15 bits per heavy atom. The molecule has 27 heavy (non-hydrogen) atoms. The summed E-state index contributed by atoms with van der Waals surface area (Å²) in [4.78, 5) is 0. The molecule has 1 fully saturated rings. The van der Waals surface area contributed by atoms with E-state index in [1.807, 2.05) is 19.1 Å². The van der Waals surface area contributed by atoms with Crippen LogP contribution in [0.5, 0.6) is 0 Å². The van der Waals surface area contributed by atoms with Gasteiger partial charge in [-0.3, -0.25) is 4.72 Å². The molecule has 1 aliphatic carbocycles. The fourth-order valence-electron chi connectivity index (χ4n) is 3.63. The van der Waals surface area contributed by atoms with Crippen LogP contribution < -0.4 is 10.0 Å². The Balaban J connectivity index is 1.64. The van der Waals surface area contributed by atoms with Gasteiger partial charge in [-0.25, -0.2) is 12.8 Å². The third-order valence-electron chi connectivity index (χ3n) is 5.21. The van der Waals surface area contributed by atoms with Crippen LogP contribution >= 0.6 is 11.3 Å². The normalized spacial score (nSPS) is 18.1. The molecule has 1 aromatic carbocycles. The second kappa shape index (κ2) is 9.17. The predicted octanol–water partition coefficient (Wildman–Crippen LogP) is 4.95. The lowest BCUT2D eigenvalue weighted by Gasteiger charge is -2.29. The highest BCUT2D eigenvalue weighted by atomic mass is 32.2. The quantitative estimate of drug-likeness (QED) is 0.648. The molecule has 0 bridgehead atoms. The third kappa shape index (κ3) is 5.30. The van der Waals surface area contributed by atoms with E-state index in [1.165, 1.54) is 17.8 Å². The number of anilines is 1. The van der Waals surface area contributed by atoms with Crippen molar-refractivity contribution in [2.45, 2.75) is 62.0 Å². The minimum Gasteiger partial charge on any atom is -0.307 e. The van der Waals surface area contributed by atoms with Gasteiger partial charge < -0.3 is 5.32 Å². The van der Waals surface area contributed by atoms with E-state index < -0.39 is 16.2 Å². The van der Waals surface area contributed by atoms with Gasteiger partial charge in [-0.2, -0.15) is 0 Å². The Labute approximate surface area is 165 Å². The molecule has 2 N–H and O–H groups in total. The second-order valence-electron chi connectivity index (χ2n) is 7.21. The summed E-state index contributed by atoms with van der Waals surface area (Å²) >= 11 is 1.18. The summed E-state index contributed by atoms with van der Waals surface area (Å²) in [5.41, 5.74) is 1.33. The Bertz CT molecular complexity index is 818. The van der Waals surface area contributed by atoms with E-state index in [4.69, 9.17) is 0 Å². The molecule has 1 heterocycles. The van der Waals surface area contributed by atoms with Gasteiger partial charge in [0.15, 0.2) is 0 Å². The van der Waals surface area contributed by atoms with Gasteiger partial charge in [0.25, 0.3) is 10.0 Å². The Morgan fingerprint density at radius 2 is 1.89 bits per heavy atom. The van der Waals surface area contributed by atoms with Crippen LogP contribution in [0.2, 0.25) is 0 Å². The van der Waals surface area contributed by atoms with E-state index in [9.17, 15) is 12.8 Å². The Hall–Kier alpha value is -1.44. The Morgan fingerprint density at radius 3 is 2.59 bits per heavy atom. The summed E-state index contributed by atoms with van der Waals surface area (Å²) in [6.07, 6.45) is 4.49. The summed E-state index contributed by atoms with van der Waals surface area (Å²) in [7, 11) is -3.60. The summed E-state index contributed by atoms with van der Waals surface area (Å²) in [5, 5.41) is 4.98. The van der Waals surface area contributed by atoms with Crippen molar-refractivity contribution < 1.29 is 12.8 Å². The summed E-state index contributed by atoms with van der Waals surface area (Å²) in [6, 6.07) is 10.3. The maximum absolute atomic E-state index is 14.8. The molecule has 7 heteroatoms. The fraction of sp³-hybridized carbons (Fsp3) is 0.500. The highest BCUT2D eigenvalue weighted by molar-refractivity contribution is 7.94. The number of rotatable bonds is 8. The zero-order valence-corrected chi connectivity index (χ0v) is 17.2. The van der Waals surface area contributed by atoms with Crippen molar-refractivity contribution >= 4 is 27.0 Å². The molecular weight excluding hydrogens is 383 g/mol. The molecule has 148 valence electrons. The van der Waals surface area contributed by atoms with Crippen LogP contribution in [0.25, 0.3) is 0 Å². The lowest BCUT2D eigenvalue weighted by molar-refractivity contribution is 0.142. The lowest BCUT2D eigenvalue weighted by Crippen LogP contribution is -2.39. The van der Waals surface area contributed by atoms with Crippen molar-refractivity contribution in [3.63, 3.8) is 0 Å². The van der Waals surface area contributed by atoms with Gasteiger partial charge in [-0.15, -0.1) is 11.3 Å². The molecule has 1 saturated carbocycles. The maximum atomic E-state index is 14.8. The number of halogens is 1. The largest absolute Gasteiger partial charge is 0.307 e. The highest BCUT2D eigenvalue weighted by Crippen LogP contribution is 2.30. The molecule has 3 rings (SSSR count). The van der Waals surface area contributed by atoms with E-state index in [2.05, 4.69) is 10.0 Å². The van der Waals surface area contributed by atoms with Gasteiger partial charge in [0.05, 0.1) is 5.69 Å².